The fourth-order valence-corrected chi connectivity index (χ4v) is 7.70. The van der Waals surface area contributed by atoms with Crippen molar-refractivity contribution in [3.63, 3.8) is 0 Å². The maximum absolute atomic E-state index is 5.30. The molecule has 6 heteroatoms. The van der Waals surface area contributed by atoms with Gasteiger partial charge in [0.05, 0.1) is 16.7 Å². The molecule has 0 saturated carbocycles. The lowest BCUT2D eigenvalue weighted by molar-refractivity contribution is 1.05. The molecule has 5 nitrogen and oxygen atoms in total. The number of thiophene rings is 1. The number of anilines is 3. The van der Waals surface area contributed by atoms with Crippen LogP contribution in [0.1, 0.15) is 5.69 Å². The molecule has 0 radical (unpaired) electrons. The Morgan fingerprint density at radius 3 is 1.96 bits per heavy atom. The van der Waals surface area contributed by atoms with Crippen molar-refractivity contribution in [2.75, 3.05) is 4.90 Å². The van der Waals surface area contributed by atoms with E-state index in [9.17, 15) is 0 Å². The van der Waals surface area contributed by atoms with Gasteiger partial charge in [0.15, 0.2) is 0 Å². The smallest absolute Gasteiger partial charge is 0.141 e. The molecule has 5 heterocycles. The molecule has 5 aromatic heterocycles. The standard InChI is InChI=1S/C40H27N5S/c1-26-24-25-31-30-16-9-17-32(39(30)46-40(31)41-26)33-18-10-21-36(42-33)44(27-12-3-2-4-13-27)37-22-11-23-38(43-37)45-34-19-7-5-14-28(34)29-15-6-8-20-35(29)45/h2-25H,1H3. The Kier molecular flexibility index (Phi) is 6.14. The van der Waals surface area contributed by atoms with Gasteiger partial charge in [0, 0.05) is 43.2 Å². The van der Waals surface area contributed by atoms with Gasteiger partial charge in [-0.2, -0.15) is 0 Å². The van der Waals surface area contributed by atoms with Crippen LogP contribution >= 0.6 is 11.3 Å². The van der Waals surface area contributed by atoms with E-state index < -0.39 is 0 Å². The molecule has 0 aliphatic heterocycles. The fourth-order valence-electron chi connectivity index (χ4n) is 6.46. The zero-order valence-electron chi connectivity index (χ0n) is 25.0. The van der Waals surface area contributed by atoms with Crippen LogP contribution in [0.2, 0.25) is 0 Å². The van der Waals surface area contributed by atoms with E-state index in [0.29, 0.717) is 0 Å². The molecular formula is C40H27N5S. The monoisotopic (exact) mass is 609 g/mol. The highest BCUT2D eigenvalue weighted by molar-refractivity contribution is 7.26. The van der Waals surface area contributed by atoms with E-state index in [0.717, 1.165) is 56.0 Å². The van der Waals surface area contributed by atoms with Gasteiger partial charge in [-0.3, -0.25) is 9.47 Å². The zero-order valence-corrected chi connectivity index (χ0v) is 25.8. The minimum absolute atomic E-state index is 0.787. The van der Waals surface area contributed by atoms with Crippen molar-refractivity contribution in [1.82, 2.24) is 19.5 Å². The molecule has 0 amide bonds. The number of aromatic nitrogens is 4. The molecule has 0 fully saturated rings. The summed E-state index contributed by atoms with van der Waals surface area (Å²) in [6.45, 7) is 2.04. The van der Waals surface area contributed by atoms with Gasteiger partial charge in [-0.25, -0.2) is 15.0 Å². The van der Waals surface area contributed by atoms with Crippen LogP contribution in [0.3, 0.4) is 0 Å². The average molecular weight is 610 g/mol. The molecule has 0 aliphatic carbocycles. The second-order valence-corrected chi connectivity index (χ2v) is 12.4. The third-order valence-electron chi connectivity index (χ3n) is 8.52. The lowest BCUT2D eigenvalue weighted by Crippen LogP contribution is -2.14. The van der Waals surface area contributed by atoms with Crippen molar-refractivity contribution in [2.45, 2.75) is 6.92 Å². The summed E-state index contributed by atoms with van der Waals surface area (Å²) in [5.41, 5.74) is 6.26. The Labute approximate surface area is 269 Å². The van der Waals surface area contributed by atoms with Gasteiger partial charge in [0.2, 0.25) is 0 Å². The predicted molar refractivity (Wildman–Crippen MR) is 192 cm³/mol. The Bertz CT molecular complexity index is 2510. The second-order valence-electron chi connectivity index (χ2n) is 11.4. The van der Waals surface area contributed by atoms with Crippen LogP contribution in [0.25, 0.3) is 59.2 Å². The van der Waals surface area contributed by atoms with E-state index in [4.69, 9.17) is 15.0 Å². The quantitative estimate of drug-likeness (QED) is 0.195. The van der Waals surface area contributed by atoms with E-state index >= 15 is 0 Å². The zero-order chi connectivity index (χ0) is 30.6. The molecule has 0 unspecified atom stereocenters. The number of pyridine rings is 3. The molecule has 9 aromatic rings. The first-order valence-electron chi connectivity index (χ1n) is 15.3. The van der Waals surface area contributed by atoms with Crippen molar-refractivity contribution in [2.24, 2.45) is 0 Å². The van der Waals surface area contributed by atoms with Gasteiger partial charge >= 0.3 is 0 Å². The Hall–Kier alpha value is -5.85. The largest absolute Gasteiger partial charge is 0.294 e. The Balaban J connectivity index is 1.22. The SMILES string of the molecule is Cc1ccc2c(n1)sc1c(-c3cccc(N(c4ccccc4)c4cccc(-n5c6ccccc6c6ccccc65)n4)n3)cccc12. The van der Waals surface area contributed by atoms with Gasteiger partial charge in [0.1, 0.15) is 22.3 Å². The minimum atomic E-state index is 0.787. The number of hydrogen-bond acceptors (Lipinski definition) is 5. The minimum Gasteiger partial charge on any atom is -0.294 e. The Morgan fingerprint density at radius 1 is 0.522 bits per heavy atom. The van der Waals surface area contributed by atoms with Crippen LogP contribution < -0.4 is 4.90 Å². The van der Waals surface area contributed by atoms with Crippen LogP contribution in [0.15, 0.2) is 146 Å². The number of hydrogen-bond donors (Lipinski definition) is 0. The highest BCUT2D eigenvalue weighted by Gasteiger charge is 2.19. The van der Waals surface area contributed by atoms with Crippen molar-refractivity contribution in [1.29, 1.82) is 0 Å². The molecule has 46 heavy (non-hydrogen) atoms. The highest BCUT2D eigenvalue weighted by atomic mass is 32.1. The summed E-state index contributed by atoms with van der Waals surface area (Å²) in [5.74, 6) is 2.43. The van der Waals surface area contributed by atoms with Crippen LogP contribution in [0.4, 0.5) is 17.3 Å². The molecule has 218 valence electrons. The van der Waals surface area contributed by atoms with Gasteiger partial charge in [-0.1, -0.05) is 84.9 Å². The highest BCUT2D eigenvalue weighted by Crippen LogP contribution is 2.40. The molecule has 0 bridgehead atoms. The lowest BCUT2D eigenvalue weighted by atomic mass is 10.1. The second kappa shape index (κ2) is 10.6. The van der Waals surface area contributed by atoms with E-state index in [1.165, 1.54) is 26.2 Å². The summed E-state index contributed by atoms with van der Waals surface area (Å²) in [7, 11) is 0. The number of rotatable bonds is 5. The fraction of sp³-hybridized carbons (Fsp3) is 0.0250. The van der Waals surface area contributed by atoms with Crippen molar-refractivity contribution >= 4 is 70.8 Å². The topological polar surface area (TPSA) is 46.8 Å². The number of benzene rings is 4. The third kappa shape index (κ3) is 4.26. The van der Waals surface area contributed by atoms with E-state index in [1.807, 2.05) is 13.0 Å². The first-order valence-corrected chi connectivity index (χ1v) is 16.1. The molecule has 0 N–H and O–H groups in total. The van der Waals surface area contributed by atoms with E-state index in [2.05, 4.69) is 149 Å². The van der Waals surface area contributed by atoms with Crippen molar-refractivity contribution in [3.05, 3.63) is 151 Å². The first-order chi connectivity index (χ1) is 22.7. The summed E-state index contributed by atoms with van der Waals surface area (Å²) in [5, 5.41) is 4.80. The van der Waals surface area contributed by atoms with Gasteiger partial charge in [0.25, 0.3) is 0 Å². The van der Waals surface area contributed by atoms with Crippen LogP contribution in [0.5, 0.6) is 0 Å². The molecule has 0 atom stereocenters. The molecule has 9 rings (SSSR count). The summed E-state index contributed by atoms with van der Waals surface area (Å²) in [6, 6.07) is 50.5. The predicted octanol–water partition coefficient (Wildman–Crippen LogP) is 10.8. The summed E-state index contributed by atoms with van der Waals surface area (Å²) in [6.07, 6.45) is 0. The molecular weight excluding hydrogens is 583 g/mol. The first kappa shape index (κ1) is 26.5. The summed E-state index contributed by atoms with van der Waals surface area (Å²) in [4.78, 5) is 18.6. The number of nitrogens with zero attached hydrogens (tertiary/aromatic N) is 5. The van der Waals surface area contributed by atoms with Crippen molar-refractivity contribution in [3.8, 4) is 17.1 Å². The van der Waals surface area contributed by atoms with Crippen LogP contribution in [-0.2, 0) is 0 Å². The lowest BCUT2D eigenvalue weighted by Gasteiger charge is -2.24. The van der Waals surface area contributed by atoms with Gasteiger partial charge in [-0.05, 0) is 67.6 Å². The van der Waals surface area contributed by atoms with Gasteiger partial charge < -0.3 is 0 Å². The molecule has 4 aromatic carbocycles. The van der Waals surface area contributed by atoms with Crippen molar-refractivity contribution < 1.29 is 0 Å². The van der Waals surface area contributed by atoms with Crippen LogP contribution in [0, 0.1) is 6.92 Å². The summed E-state index contributed by atoms with van der Waals surface area (Å²) < 4.78 is 3.44. The van der Waals surface area contributed by atoms with E-state index in [-0.39, 0.29) is 0 Å². The summed E-state index contributed by atoms with van der Waals surface area (Å²) >= 11 is 1.73. The molecule has 0 spiro atoms. The maximum atomic E-state index is 5.30. The number of para-hydroxylation sites is 3. The number of fused-ring (bicyclic) bond motifs is 6. The third-order valence-corrected chi connectivity index (χ3v) is 9.66. The van der Waals surface area contributed by atoms with Gasteiger partial charge in [-0.15, -0.1) is 11.3 Å². The number of aryl methyl sites for hydroxylation is 1. The normalized spacial score (nSPS) is 11.6. The molecule has 0 aliphatic rings. The maximum Gasteiger partial charge on any atom is 0.141 e. The van der Waals surface area contributed by atoms with Crippen LogP contribution in [-0.4, -0.2) is 19.5 Å². The molecule has 0 saturated heterocycles. The Morgan fingerprint density at radius 2 is 1.17 bits per heavy atom. The average Bonchev–Trinajstić information content (AvgIpc) is 3.64. The van der Waals surface area contributed by atoms with E-state index in [1.54, 1.807) is 11.3 Å².